The number of aromatic nitrogens is 2. The first-order valence-electron chi connectivity index (χ1n) is 4.12. The molecule has 1 aromatic heterocycles. The Morgan fingerprint density at radius 1 is 1.40 bits per heavy atom. The molecule has 1 aromatic rings. The summed E-state index contributed by atoms with van der Waals surface area (Å²) < 4.78 is 23.2. The lowest BCUT2D eigenvalue weighted by atomic mass is 10.4. The fourth-order valence-corrected chi connectivity index (χ4v) is 1.81. The number of rotatable bonds is 2. The van der Waals surface area contributed by atoms with Crippen LogP contribution < -0.4 is 0 Å². The maximum Gasteiger partial charge on any atom is 0.157 e. The Hall–Kier alpha value is -0.200. The summed E-state index contributed by atoms with van der Waals surface area (Å²) in [6.07, 6.45) is 1.15. The number of halogens is 2. The van der Waals surface area contributed by atoms with Gasteiger partial charge < -0.3 is 0 Å². The maximum atomic E-state index is 11.3. The molecule has 0 fully saturated rings. The molecular formula is C8H10BrClN2O2S. The molecule has 0 aliphatic heterocycles. The van der Waals surface area contributed by atoms with Crippen LogP contribution in [0.4, 0.5) is 0 Å². The highest BCUT2D eigenvalue weighted by atomic mass is 79.9. The zero-order chi connectivity index (χ0) is 11.8. The van der Waals surface area contributed by atoms with Gasteiger partial charge in [-0.1, -0.05) is 11.6 Å². The Bertz CT molecular complexity index is 466. The molecule has 4 nitrogen and oxygen atoms in total. The van der Waals surface area contributed by atoms with Crippen LogP contribution in [0.25, 0.3) is 0 Å². The van der Waals surface area contributed by atoms with Gasteiger partial charge in [0.05, 0.1) is 10.2 Å². The highest BCUT2D eigenvalue weighted by Gasteiger charge is 2.21. The van der Waals surface area contributed by atoms with E-state index in [1.54, 1.807) is 6.92 Å². The molecule has 0 N–H and O–H groups in total. The minimum atomic E-state index is -3.20. The minimum absolute atomic E-state index is 0.225. The van der Waals surface area contributed by atoms with Gasteiger partial charge in [-0.05, 0) is 29.8 Å². The summed E-state index contributed by atoms with van der Waals surface area (Å²) in [7, 11) is -3.20. The first kappa shape index (κ1) is 12.9. The van der Waals surface area contributed by atoms with E-state index in [2.05, 4.69) is 25.9 Å². The van der Waals surface area contributed by atoms with Crippen LogP contribution in [-0.4, -0.2) is 24.6 Å². The third-order valence-corrected chi connectivity index (χ3v) is 4.95. The van der Waals surface area contributed by atoms with E-state index < -0.39 is 15.1 Å². The summed E-state index contributed by atoms with van der Waals surface area (Å²) >= 11 is 9.03. The van der Waals surface area contributed by atoms with Crippen molar-refractivity contribution in [3.05, 3.63) is 21.1 Å². The molecule has 7 heteroatoms. The minimum Gasteiger partial charge on any atom is -0.236 e. The predicted octanol–water partition coefficient (Wildman–Crippen LogP) is 2.31. The van der Waals surface area contributed by atoms with E-state index in [4.69, 9.17) is 11.6 Å². The number of aryl methyl sites for hydroxylation is 1. The molecule has 0 amide bonds. The van der Waals surface area contributed by atoms with Crippen LogP contribution in [0.1, 0.15) is 23.7 Å². The van der Waals surface area contributed by atoms with Crippen molar-refractivity contribution in [2.24, 2.45) is 0 Å². The zero-order valence-electron chi connectivity index (χ0n) is 8.45. The quantitative estimate of drug-likeness (QED) is 0.786. The van der Waals surface area contributed by atoms with E-state index in [0.717, 1.165) is 6.26 Å². The highest BCUT2D eigenvalue weighted by Crippen LogP contribution is 2.26. The highest BCUT2D eigenvalue weighted by molar-refractivity contribution is 9.10. The molecule has 0 aliphatic rings. The molecule has 1 atom stereocenters. The molecule has 84 valence electrons. The van der Waals surface area contributed by atoms with E-state index >= 15 is 0 Å². The van der Waals surface area contributed by atoms with E-state index in [1.165, 1.54) is 6.92 Å². The van der Waals surface area contributed by atoms with Crippen molar-refractivity contribution < 1.29 is 8.42 Å². The molecule has 0 saturated heterocycles. The summed E-state index contributed by atoms with van der Waals surface area (Å²) in [4.78, 5) is 8.01. The average Bonchev–Trinajstić information content (AvgIpc) is 2.10. The van der Waals surface area contributed by atoms with Crippen LogP contribution in [0.3, 0.4) is 0 Å². The van der Waals surface area contributed by atoms with Crippen LogP contribution in [0, 0.1) is 6.92 Å². The van der Waals surface area contributed by atoms with Crippen LogP contribution in [0.2, 0.25) is 5.15 Å². The van der Waals surface area contributed by atoms with Crippen LogP contribution in [0.5, 0.6) is 0 Å². The smallest absolute Gasteiger partial charge is 0.157 e. The lowest BCUT2D eigenvalue weighted by molar-refractivity contribution is 0.589. The van der Waals surface area contributed by atoms with E-state index in [0.29, 0.717) is 10.2 Å². The van der Waals surface area contributed by atoms with Gasteiger partial charge >= 0.3 is 0 Å². The van der Waals surface area contributed by atoms with Gasteiger partial charge in [-0.25, -0.2) is 18.4 Å². The second-order valence-corrected chi connectivity index (χ2v) is 6.76. The van der Waals surface area contributed by atoms with E-state index in [-0.39, 0.29) is 11.0 Å². The molecule has 0 bridgehead atoms. The lowest BCUT2D eigenvalue weighted by Gasteiger charge is -2.09. The van der Waals surface area contributed by atoms with Gasteiger partial charge in [0.2, 0.25) is 0 Å². The predicted molar refractivity (Wildman–Crippen MR) is 62.7 cm³/mol. The summed E-state index contributed by atoms with van der Waals surface area (Å²) in [6.45, 7) is 3.27. The van der Waals surface area contributed by atoms with Crippen molar-refractivity contribution in [3.63, 3.8) is 0 Å². The summed E-state index contributed by atoms with van der Waals surface area (Å²) in [6, 6.07) is 0. The first-order valence-corrected chi connectivity index (χ1v) is 7.24. The van der Waals surface area contributed by atoms with Crippen molar-refractivity contribution >= 4 is 37.4 Å². The third kappa shape index (κ3) is 2.89. The largest absolute Gasteiger partial charge is 0.236 e. The SMILES string of the molecule is Cc1nc(C(C)S(C)(=O)=O)nc(Cl)c1Br. The van der Waals surface area contributed by atoms with Crippen molar-refractivity contribution in [2.75, 3.05) is 6.26 Å². The van der Waals surface area contributed by atoms with Gasteiger partial charge in [-0.3, -0.25) is 0 Å². The van der Waals surface area contributed by atoms with Gasteiger partial charge in [0.1, 0.15) is 16.2 Å². The maximum absolute atomic E-state index is 11.3. The molecule has 0 spiro atoms. The molecule has 0 radical (unpaired) electrons. The van der Waals surface area contributed by atoms with Crippen molar-refractivity contribution in [1.29, 1.82) is 0 Å². The van der Waals surface area contributed by atoms with Gasteiger partial charge in [0.25, 0.3) is 0 Å². The standard InChI is InChI=1S/C8H10BrClN2O2S/c1-4-6(9)7(10)12-8(11-4)5(2)15(3,13)14/h5H,1-3H3. The Morgan fingerprint density at radius 3 is 2.33 bits per heavy atom. The molecule has 0 saturated carbocycles. The second-order valence-electron chi connectivity index (χ2n) is 3.24. The monoisotopic (exact) mass is 312 g/mol. The summed E-state index contributed by atoms with van der Waals surface area (Å²) in [5.41, 5.74) is 0.625. The number of nitrogens with zero attached hydrogens (tertiary/aromatic N) is 2. The van der Waals surface area contributed by atoms with E-state index in [1.807, 2.05) is 0 Å². The Morgan fingerprint density at radius 2 is 1.93 bits per heavy atom. The second kappa shape index (κ2) is 4.35. The zero-order valence-corrected chi connectivity index (χ0v) is 11.6. The summed E-state index contributed by atoms with van der Waals surface area (Å²) in [5.74, 6) is 0.225. The molecular weight excluding hydrogens is 304 g/mol. The van der Waals surface area contributed by atoms with E-state index in [9.17, 15) is 8.42 Å². The normalized spacial score (nSPS) is 13.9. The number of hydrogen-bond acceptors (Lipinski definition) is 4. The Kier molecular flexibility index (Phi) is 3.73. The average molecular weight is 314 g/mol. The van der Waals surface area contributed by atoms with Crippen LogP contribution >= 0.6 is 27.5 Å². The van der Waals surface area contributed by atoms with Crippen LogP contribution in [-0.2, 0) is 9.84 Å². The van der Waals surface area contributed by atoms with Crippen molar-refractivity contribution in [3.8, 4) is 0 Å². The molecule has 15 heavy (non-hydrogen) atoms. The fourth-order valence-electron chi connectivity index (χ4n) is 0.918. The van der Waals surface area contributed by atoms with Gasteiger partial charge in [0, 0.05) is 6.26 Å². The van der Waals surface area contributed by atoms with Crippen molar-refractivity contribution in [1.82, 2.24) is 9.97 Å². The van der Waals surface area contributed by atoms with Gasteiger partial charge in [-0.2, -0.15) is 0 Å². The van der Waals surface area contributed by atoms with Gasteiger partial charge in [0.15, 0.2) is 9.84 Å². The van der Waals surface area contributed by atoms with Crippen LogP contribution in [0.15, 0.2) is 4.47 Å². The van der Waals surface area contributed by atoms with Crippen molar-refractivity contribution in [2.45, 2.75) is 19.1 Å². The topological polar surface area (TPSA) is 59.9 Å². The van der Waals surface area contributed by atoms with Gasteiger partial charge in [-0.15, -0.1) is 0 Å². The Labute approximate surface area is 102 Å². The lowest BCUT2D eigenvalue weighted by Crippen LogP contribution is -2.12. The third-order valence-electron chi connectivity index (χ3n) is 2.00. The number of hydrogen-bond donors (Lipinski definition) is 0. The Balaban J connectivity index is 3.29. The molecule has 1 rings (SSSR count). The molecule has 0 aliphatic carbocycles. The molecule has 1 unspecified atom stereocenters. The first-order chi connectivity index (χ1) is 6.73. The molecule has 1 heterocycles. The fraction of sp³-hybridized carbons (Fsp3) is 0.500. The summed E-state index contributed by atoms with van der Waals surface area (Å²) in [5, 5.41) is -0.519. The molecule has 0 aromatic carbocycles. The number of sulfone groups is 1.